The first-order chi connectivity index (χ1) is 11.4. The summed E-state index contributed by atoms with van der Waals surface area (Å²) >= 11 is 0. The minimum atomic E-state index is -0.211. The first kappa shape index (κ1) is 20.0. The number of nitrogens with zero attached hydrogens (tertiary/aromatic N) is 2. The van der Waals surface area contributed by atoms with Gasteiger partial charge in [-0.25, -0.2) is 4.79 Å². The van der Waals surface area contributed by atoms with E-state index in [4.69, 9.17) is 5.73 Å². The zero-order chi connectivity index (χ0) is 18.1. The molecule has 0 spiro atoms. The van der Waals surface area contributed by atoms with E-state index >= 15 is 0 Å². The van der Waals surface area contributed by atoms with Gasteiger partial charge in [-0.15, -0.1) is 0 Å². The summed E-state index contributed by atoms with van der Waals surface area (Å²) in [5.41, 5.74) is 9.23. The summed E-state index contributed by atoms with van der Waals surface area (Å²) in [4.78, 5) is 18.8. The smallest absolute Gasteiger partial charge is 0.328 e. The molecule has 0 bridgehead atoms. The average molecular weight is 332 g/mol. The van der Waals surface area contributed by atoms with Crippen LogP contribution in [-0.4, -0.2) is 25.1 Å². The number of nitrogens with one attached hydrogen (secondary N) is 1. The molecule has 0 aliphatic carbocycles. The standard InChI is InChI=1S/C19H32N4O/c1-6-12-23(19(24)22-18(20)21-13-14(4)5)17-15(7-2)10-9-11-16(17)8-3/h9-11,14H,6-8,12-13H2,1-5H3,(H3,20,21,22,24). The van der Waals surface area contributed by atoms with Crippen molar-refractivity contribution in [3.05, 3.63) is 29.3 Å². The molecule has 0 aromatic heterocycles. The molecule has 0 atom stereocenters. The number of urea groups is 1. The van der Waals surface area contributed by atoms with Crippen molar-refractivity contribution in [2.75, 3.05) is 18.0 Å². The largest absolute Gasteiger partial charge is 0.370 e. The highest BCUT2D eigenvalue weighted by molar-refractivity contribution is 6.04. The van der Waals surface area contributed by atoms with Crippen LogP contribution in [0.3, 0.4) is 0 Å². The van der Waals surface area contributed by atoms with Crippen molar-refractivity contribution in [3.63, 3.8) is 0 Å². The Bertz CT molecular complexity index is 544. The Kier molecular flexibility index (Phi) is 8.30. The number of guanidine groups is 1. The molecule has 0 aliphatic heterocycles. The summed E-state index contributed by atoms with van der Waals surface area (Å²) in [5.74, 6) is 0.585. The summed E-state index contributed by atoms with van der Waals surface area (Å²) in [6.45, 7) is 11.7. The maximum atomic E-state index is 12.8. The van der Waals surface area contributed by atoms with Gasteiger partial charge in [-0.1, -0.05) is 52.8 Å². The second kappa shape index (κ2) is 9.96. The lowest BCUT2D eigenvalue weighted by Gasteiger charge is -2.27. The van der Waals surface area contributed by atoms with Gasteiger partial charge < -0.3 is 5.73 Å². The number of hydrogen-bond donors (Lipinski definition) is 2. The first-order valence-electron chi connectivity index (χ1n) is 8.93. The molecule has 0 saturated heterocycles. The predicted molar refractivity (Wildman–Crippen MR) is 103 cm³/mol. The molecular formula is C19H32N4O. The molecule has 24 heavy (non-hydrogen) atoms. The van der Waals surface area contributed by atoms with Crippen LogP contribution in [-0.2, 0) is 12.8 Å². The molecule has 134 valence electrons. The lowest BCUT2D eigenvalue weighted by atomic mass is 10.0. The number of carbonyl (C=O) groups excluding carboxylic acids is 1. The number of aryl methyl sites for hydroxylation is 2. The Balaban J connectivity index is 3.10. The number of hydrogen-bond acceptors (Lipinski definition) is 2. The summed E-state index contributed by atoms with van der Waals surface area (Å²) < 4.78 is 0. The number of anilines is 1. The van der Waals surface area contributed by atoms with Gasteiger partial charge in [0, 0.05) is 13.1 Å². The van der Waals surface area contributed by atoms with Gasteiger partial charge in [-0.2, -0.15) is 0 Å². The number of rotatable bonds is 7. The molecule has 0 saturated carbocycles. The van der Waals surface area contributed by atoms with Gasteiger partial charge in [0.05, 0.1) is 5.69 Å². The molecular weight excluding hydrogens is 300 g/mol. The lowest BCUT2D eigenvalue weighted by Crippen LogP contribution is -2.47. The molecule has 1 rings (SSSR count). The Morgan fingerprint density at radius 2 is 1.79 bits per heavy atom. The van der Waals surface area contributed by atoms with Crippen molar-refractivity contribution in [2.24, 2.45) is 16.6 Å². The molecule has 0 aliphatic rings. The SMILES string of the molecule is CCCN(C(=O)NC(N)=NCC(C)C)c1c(CC)cccc1CC. The average Bonchev–Trinajstić information content (AvgIpc) is 2.57. The zero-order valence-electron chi connectivity index (χ0n) is 15.7. The Morgan fingerprint density at radius 1 is 1.21 bits per heavy atom. The summed E-state index contributed by atoms with van der Waals surface area (Å²) in [7, 11) is 0. The predicted octanol–water partition coefficient (Wildman–Crippen LogP) is 3.71. The molecule has 3 N–H and O–H groups in total. The maximum Gasteiger partial charge on any atom is 0.328 e. The van der Waals surface area contributed by atoms with Crippen LogP contribution in [0, 0.1) is 5.92 Å². The molecule has 5 heteroatoms. The number of amides is 2. The van der Waals surface area contributed by atoms with E-state index in [1.807, 2.05) is 0 Å². The zero-order valence-corrected chi connectivity index (χ0v) is 15.7. The molecule has 0 unspecified atom stereocenters. The summed E-state index contributed by atoms with van der Waals surface area (Å²) in [6.07, 6.45) is 2.64. The first-order valence-corrected chi connectivity index (χ1v) is 8.93. The van der Waals surface area contributed by atoms with Crippen molar-refractivity contribution >= 4 is 17.7 Å². The van der Waals surface area contributed by atoms with Crippen molar-refractivity contribution in [3.8, 4) is 0 Å². The van der Waals surface area contributed by atoms with E-state index in [0.29, 0.717) is 19.0 Å². The van der Waals surface area contributed by atoms with E-state index in [1.165, 1.54) is 11.1 Å². The minimum Gasteiger partial charge on any atom is -0.370 e. The highest BCUT2D eigenvalue weighted by Crippen LogP contribution is 2.27. The third kappa shape index (κ3) is 5.55. The fourth-order valence-electron chi connectivity index (χ4n) is 2.60. The molecule has 0 fully saturated rings. The fraction of sp³-hybridized carbons (Fsp3) is 0.579. The third-order valence-corrected chi connectivity index (χ3v) is 3.79. The molecule has 1 aromatic rings. The topological polar surface area (TPSA) is 70.7 Å². The van der Waals surface area contributed by atoms with Crippen LogP contribution in [0.15, 0.2) is 23.2 Å². The molecule has 0 heterocycles. The van der Waals surface area contributed by atoms with Gasteiger partial charge >= 0.3 is 6.03 Å². The third-order valence-electron chi connectivity index (χ3n) is 3.79. The normalized spacial score (nSPS) is 11.7. The van der Waals surface area contributed by atoms with Gasteiger partial charge in [0.2, 0.25) is 0 Å². The number of benzene rings is 1. The van der Waals surface area contributed by atoms with Crippen LogP contribution in [0.25, 0.3) is 0 Å². The van der Waals surface area contributed by atoms with Crippen molar-refractivity contribution < 1.29 is 4.79 Å². The Morgan fingerprint density at radius 3 is 2.25 bits per heavy atom. The maximum absolute atomic E-state index is 12.8. The molecule has 0 radical (unpaired) electrons. The van der Waals surface area contributed by atoms with E-state index in [1.54, 1.807) is 4.90 Å². The van der Waals surface area contributed by atoms with Crippen LogP contribution >= 0.6 is 0 Å². The van der Waals surface area contributed by atoms with Gasteiger partial charge in [-0.05, 0) is 36.3 Å². The van der Waals surface area contributed by atoms with E-state index in [0.717, 1.165) is 24.9 Å². The number of aliphatic imine (C=N–C) groups is 1. The van der Waals surface area contributed by atoms with E-state index in [9.17, 15) is 4.79 Å². The monoisotopic (exact) mass is 332 g/mol. The van der Waals surface area contributed by atoms with Gasteiger partial charge in [-0.3, -0.25) is 15.2 Å². The van der Waals surface area contributed by atoms with Crippen molar-refractivity contribution in [1.82, 2.24) is 5.32 Å². The summed E-state index contributed by atoms with van der Waals surface area (Å²) in [5, 5.41) is 2.74. The second-order valence-electron chi connectivity index (χ2n) is 6.33. The van der Waals surface area contributed by atoms with Crippen LogP contribution in [0.5, 0.6) is 0 Å². The van der Waals surface area contributed by atoms with E-state index in [2.05, 4.69) is 63.1 Å². The van der Waals surface area contributed by atoms with E-state index in [-0.39, 0.29) is 12.0 Å². The minimum absolute atomic E-state index is 0.182. The van der Waals surface area contributed by atoms with Gasteiger partial charge in [0.15, 0.2) is 5.96 Å². The number of para-hydroxylation sites is 1. The lowest BCUT2D eigenvalue weighted by molar-refractivity contribution is 0.250. The van der Waals surface area contributed by atoms with Crippen LogP contribution in [0.4, 0.5) is 10.5 Å². The van der Waals surface area contributed by atoms with Crippen LogP contribution in [0.2, 0.25) is 0 Å². The van der Waals surface area contributed by atoms with Crippen molar-refractivity contribution in [1.29, 1.82) is 0 Å². The Hall–Kier alpha value is -2.04. The Labute approximate surface area is 146 Å². The number of carbonyl (C=O) groups is 1. The van der Waals surface area contributed by atoms with Gasteiger partial charge in [0.25, 0.3) is 0 Å². The summed E-state index contributed by atoms with van der Waals surface area (Å²) in [6, 6.07) is 6.01. The van der Waals surface area contributed by atoms with Crippen LogP contribution in [0.1, 0.15) is 52.2 Å². The highest BCUT2D eigenvalue weighted by Gasteiger charge is 2.20. The van der Waals surface area contributed by atoms with E-state index < -0.39 is 0 Å². The molecule has 5 nitrogen and oxygen atoms in total. The second-order valence-corrected chi connectivity index (χ2v) is 6.33. The quantitative estimate of drug-likeness (QED) is 0.590. The molecule has 2 amide bonds. The number of nitrogens with two attached hydrogens (primary N) is 1. The van der Waals surface area contributed by atoms with Crippen molar-refractivity contribution in [2.45, 2.75) is 53.9 Å². The highest BCUT2D eigenvalue weighted by atomic mass is 16.2. The fourth-order valence-corrected chi connectivity index (χ4v) is 2.60. The molecule has 1 aromatic carbocycles. The van der Waals surface area contributed by atoms with Gasteiger partial charge in [0.1, 0.15) is 0 Å². The van der Waals surface area contributed by atoms with Crippen LogP contribution < -0.4 is 16.0 Å².